The summed E-state index contributed by atoms with van der Waals surface area (Å²) >= 11 is 0. The summed E-state index contributed by atoms with van der Waals surface area (Å²) in [5.41, 5.74) is 1.69. The van der Waals surface area contributed by atoms with Crippen molar-refractivity contribution >= 4 is 11.9 Å². The molecule has 0 aliphatic carbocycles. The predicted octanol–water partition coefficient (Wildman–Crippen LogP) is 3.32. The lowest BCUT2D eigenvalue weighted by molar-refractivity contribution is 0.0963. The molecule has 0 aliphatic rings. The lowest BCUT2D eigenvalue weighted by atomic mass is 9.99. The van der Waals surface area contributed by atoms with Gasteiger partial charge in [-0.1, -0.05) is 45.2 Å². The third-order valence-corrected chi connectivity index (χ3v) is 4.28. The number of rotatable bonds is 10. The van der Waals surface area contributed by atoms with Gasteiger partial charge in [0.25, 0.3) is 5.91 Å². The van der Waals surface area contributed by atoms with E-state index in [-0.39, 0.29) is 5.91 Å². The van der Waals surface area contributed by atoms with Crippen molar-refractivity contribution in [1.29, 1.82) is 0 Å². The van der Waals surface area contributed by atoms with Gasteiger partial charge < -0.3 is 16.0 Å². The molecule has 3 N–H and O–H groups in total. The van der Waals surface area contributed by atoms with Gasteiger partial charge in [-0.15, -0.1) is 0 Å². The lowest BCUT2D eigenvalue weighted by Gasteiger charge is -2.18. The van der Waals surface area contributed by atoms with E-state index >= 15 is 0 Å². The molecule has 5 heteroatoms. The highest BCUT2D eigenvalue weighted by Crippen LogP contribution is 2.11. The first-order chi connectivity index (χ1) is 12.1. The number of benzene rings is 1. The third-order valence-electron chi connectivity index (χ3n) is 4.28. The van der Waals surface area contributed by atoms with E-state index < -0.39 is 0 Å². The van der Waals surface area contributed by atoms with E-state index in [1.54, 1.807) is 7.05 Å². The van der Waals surface area contributed by atoms with Crippen molar-refractivity contribution in [3.05, 3.63) is 35.4 Å². The van der Waals surface area contributed by atoms with Crippen molar-refractivity contribution in [3.8, 4) is 0 Å². The van der Waals surface area contributed by atoms with Gasteiger partial charge in [-0.2, -0.15) is 0 Å². The second-order valence-electron chi connectivity index (χ2n) is 6.27. The van der Waals surface area contributed by atoms with Gasteiger partial charge in [-0.3, -0.25) is 4.79 Å². The molecule has 1 amide bonds. The van der Waals surface area contributed by atoms with Gasteiger partial charge in [0, 0.05) is 25.7 Å². The summed E-state index contributed by atoms with van der Waals surface area (Å²) in [5.74, 6) is 1.45. The highest BCUT2D eigenvalue weighted by atomic mass is 16.1. The molecule has 0 saturated heterocycles. The van der Waals surface area contributed by atoms with Crippen molar-refractivity contribution in [1.82, 2.24) is 16.0 Å². The summed E-state index contributed by atoms with van der Waals surface area (Å²) in [6, 6.07) is 7.60. The maximum absolute atomic E-state index is 11.7. The minimum absolute atomic E-state index is 0.0717. The summed E-state index contributed by atoms with van der Waals surface area (Å²) in [5, 5.41) is 9.41. The molecule has 1 unspecified atom stereocenters. The van der Waals surface area contributed by atoms with Crippen LogP contribution in [-0.2, 0) is 6.54 Å². The molecule has 1 aromatic rings. The second-order valence-corrected chi connectivity index (χ2v) is 6.27. The van der Waals surface area contributed by atoms with E-state index in [4.69, 9.17) is 0 Å². The standard InChI is InChI=1S/C20H34N4O/c1-5-8-10-16(6-2)14-23-20(22-7-3)24-15-17-11-9-12-18(13-17)19(25)21-4/h9,11-13,16H,5-8,10,14-15H2,1-4H3,(H,21,25)(H2,22,23,24). The number of hydrogen-bond donors (Lipinski definition) is 3. The number of unbranched alkanes of at least 4 members (excludes halogenated alkanes) is 1. The highest BCUT2D eigenvalue weighted by Gasteiger charge is 2.07. The summed E-state index contributed by atoms with van der Waals surface area (Å²) < 4.78 is 0. The second kappa shape index (κ2) is 12.3. The number of carbonyl (C=O) groups excluding carboxylic acids is 1. The number of hydrogen-bond acceptors (Lipinski definition) is 2. The molecule has 1 aromatic carbocycles. The molecule has 1 atom stereocenters. The van der Waals surface area contributed by atoms with Gasteiger partial charge in [0.1, 0.15) is 0 Å². The molecular formula is C20H34N4O. The number of nitrogens with one attached hydrogen (secondary N) is 3. The minimum Gasteiger partial charge on any atom is -0.357 e. The first kappa shape index (κ1) is 21.0. The topological polar surface area (TPSA) is 65.5 Å². The third kappa shape index (κ3) is 8.05. The maximum Gasteiger partial charge on any atom is 0.251 e. The summed E-state index contributed by atoms with van der Waals surface area (Å²) in [6.45, 7) is 8.87. The number of aliphatic imine (C=N–C) groups is 1. The largest absolute Gasteiger partial charge is 0.357 e. The first-order valence-corrected chi connectivity index (χ1v) is 9.47. The zero-order chi connectivity index (χ0) is 18.5. The van der Waals surface area contributed by atoms with Crippen molar-refractivity contribution in [2.45, 2.75) is 53.0 Å². The monoisotopic (exact) mass is 346 g/mol. The van der Waals surface area contributed by atoms with Crippen LogP contribution in [0.2, 0.25) is 0 Å². The Morgan fingerprint density at radius 2 is 2.00 bits per heavy atom. The van der Waals surface area contributed by atoms with Gasteiger partial charge in [0.05, 0.1) is 6.54 Å². The summed E-state index contributed by atoms with van der Waals surface area (Å²) in [4.78, 5) is 16.4. The summed E-state index contributed by atoms with van der Waals surface area (Å²) in [7, 11) is 1.64. The van der Waals surface area contributed by atoms with E-state index in [1.807, 2.05) is 24.3 Å². The molecular weight excluding hydrogens is 312 g/mol. The average molecular weight is 347 g/mol. The zero-order valence-electron chi connectivity index (χ0n) is 16.2. The normalized spacial score (nSPS) is 12.6. The molecule has 0 aromatic heterocycles. The van der Waals surface area contributed by atoms with Crippen LogP contribution in [0, 0.1) is 5.92 Å². The van der Waals surface area contributed by atoms with Crippen LogP contribution in [0.3, 0.4) is 0 Å². The first-order valence-electron chi connectivity index (χ1n) is 9.47. The van der Waals surface area contributed by atoms with Crippen LogP contribution in [0.5, 0.6) is 0 Å². The SMILES string of the molecule is CCCCC(CC)CNC(=NCc1cccc(C(=O)NC)c1)NCC. The molecule has 0 spiro atoms. The van der Waals surface area contributed by atoms with Crippen LogP contribution in [-0.4, -0.2) is 32.0 Å². The maximum atomic E-state index is 11.7. The van der Waals surface area contributed by atoms with E-state index in [0.29, 0.717) is 18.0 Å². The molecule has 140 valence electrons. The van der Waals surface area contributed by atoms with Crippen LogP contribution < -0.4 is 16.0 Å². The molecule has 0 fully saturated rings. The zero-order valence-corrected chi connectivity index (χ0v) is 16.2. The Labute approximate surface area is 152 Å². The molecule has 0 bridgehead atoms. The van der Waals surface area contributed by atoms with Crippen molar-refractivity contribution in [2.75, 3.05) is 20.1 Å². The fourth-order valence-electron chi connectivity index (χ4n) is 2.65. The molecule has 0 saturated carbocycles. The predicted molar refractivity (Wildman–Crippen MR) is 106 cm³/mol. The Kier molecular flexibility index (Phi) is 10.4. The fraction of sp³-hybridized carbons (Fsp3) is 0.600. The highest BCUT2D eigenvalue weighted by molar-refractivity contribution is 5.94. The average Bonchev–Trinajstić information content (AvgIpc) is 2.65. The quantitative estimate of drug-likeness (QED) is 0.450. The minimum atomic E-state index is -0.0717. The molecule has 25 heavy (non-hydrogen) atoms. The Balaban J connectivity index is 2.67. The molecule has 0 radical (unpaired) electrons. The number of carbonyl (C=O) groups is 1. The van der Waals surface area contributed by atoms with E-state index in [2.05, 4.69) is 41.7 Å². The van der Waals surface area contributed by atoms with Gasteiger partial charge in [0.2, 0.25) is 0 Å². The van der Waals surface area contributed by atoms with Crippen molar-refractivity contribution in [3.63, 3.8) is 0 Å². The Hall–Kier alpha value is -2.04. The van der Waals surface area contributed by atoms with Gasteiger partial charge in [-0.25, -0.2) is 4.99 Å². The Bertz CT molecular complexity index is 542. The van der Waals surface area contributed by atoms with Crippen LogP contribution in [0.4, 0.5) is 0 Å². The number of nitrogens with zero attached hydrogens (tertiary/aromatic N) is 1. The Morgan fingerprint density at radius 3 is 2.64 bits per heavy atom. The number of guanidine groups is 1. The Morgan fingerprint density at radius 1 is 1.20 bits per heavy atom. The van der Waals surface area contributed by atoms with Crippen LogP contribution >= 0.6 is 0 Å². The molecule has 5 nitrogen and oxygen atoms in total. The fourth-order valence-corrected chi connectivity index (χ4v) is 2.65. The lowest BCUT2D eigenvalue weighted by Crippen LogP contribution is -2.39. The molecule has 0 aliphatic heterocycles. The van der Waals surface area contributed by atoms with Gasteiger partial charge >= 0.3 is 0 Å². The van der Waals surface area contributed by atoms with Crippen LogP contribution in [0.15, 0.2) is 29.3 Å². The van der Waals surface area contributed by atoms with Crippen molar-refractivity contribution in [2.24, 2.45) is 10.9 Å². The van der Waals surface area contributed by atoms with Crippen molar-refractivity contribution < 1.29 is 4.79 Å². The smallest absolute Gasteiger partial charge is 0.251 e. The summed E-state index contributed by atoms with van der Waals surface area (Å²) in [6.07, 6.45) is 4.96. The number of amides is 1. The van der Waals surface area contributed by atoms with Crippen LogP contribution in [0.25, 0.3) is 0 Å². The van der Waals surface area contributed by atoms with E-state index in [1.165, 1.54) is 25.7 Å². The van der Waals surface area contributed by atoms with Gasteiger partial charge in [-0.05, 0) is 37.0 Å². The van der Waals surface area contributed by atoms with Gasteiger partial charge in [0.15, 0.2) is 5.96 Å². The van der Waals surface area contributed by atoms with Crippen LogP contribution in [0.1, 0.15) is 62.4 Å². The van der Waals surface area contributed by atoms with E-state index in [0.717, 1.165) is 24.6 Å². The molecule has 1 rings (SSSR count). The van der Waals surface area contributed by atoms with E-state index in [9.17, 15) is 4.79 Å². The molecule has 0 heterocycles.